The van der Waals surface area contributed by atoms with Crippen molar-refractivity contribution < 1.29 is 19.0 Å². The number of hydrogen-bond acceptors (Lipinski definition) is 3. The molecule has 1 atom stereocenters. The smallest absolute Gasteiger partial charge is 0.326 e. The number of carbonyl (C=O) groups excluding carboxylic acids is 1. The highest BCUT2D eigenvalue weighted by Crippen LogP contribution is 2.45. The fraction of sp³-hybridized carbons (Fsp3) is 0.133. The van der Waals surface area contributed by atoms with Gasteiger partial charge in [-0.15, -0.1) is 0 Å². The summed E-state index contributed by atoms with van der Waals surface area (Å²) >= 11 is 0. The van der Waals surface area contributed by atoms with Crippen LogP contribution in [0, 0.1) is 5.82 Å². The number of ether oxygens (including phenoxy) is 1. The van der Waals surface area contributed by atoms with Crippen LogP contribution in [0.5, 0.6) is 11.5 Å². The van der Waals surface area contributed by atoms with Crippen LogP contribution in [-0.4, -0.2) is 11.1 Å². The molecule has 1 aliphatic rings. The van der Waals surface area contributed by atoms with Gasteiger partial charge in [-0.25, -0.2) is 4.39 Å². The fourth-order valence-corrected chi connectivity index (χ4v) is 2.38. The van der Waals surface area contributed by atoms with Crippen LogP contribution in [0.15, 0.2) is 42.5 Å². The first-order valence-electron chi connectivity index (χ1n) is 5.83. The predicted octanol–water partition coefficient (Wildman–Crippen LogP) is 2.76. The topological polar surface area (TPSA) is 46.5 Å². The Balaban J connectivity index is 2.19. The van der Waals surface area contributed by atoms with Gasteiger partial charge in [0, 0.05) is 11.6 Å². The Kier molecular flexibility index (Phi) is 2.35. The van der Waals surface area contributed by atoms with Crippen LogP contribution in [0.1, 0.15) is 18.1 Å². The van der Waals surface area contributed by atoms with Gasteiger partial charge in [0.2, 0.25) is 0 Å². The van der Waals surface area contributed by atoms with Gasteiger partial charge in [-0.2, -0.15) is 0 Å². The molecular formula is C15H11FO3. The Morgan fingerprint density at radius 3 is 2.53 bits per heavy atom. The first kappa shape index (κ1) is 11.7. The van der Waals surface area contributed by atoms with E-state index >= 15 is 0 Å². The van der Waals surface area contributed by atoms with Crippen molar-refractivity contribution in [2.45, 2.75) is 12.3 Å². The average Bonchev–Trinajstić information content (AvgIpc) is 2.62. The van der Waals surface area contributed by atoms with Crippen LogP contribution in [-0.2, 0) is 10.2 Å². The Hall–Kier alpha value is -2.36. The van der Waals surface area contributed by atoms with Crippen LogP contribution >= 0.6 is 0 Å². The molecule has 1 N–H and O–H groups in total. The summed E-state index contributed by atoms with van der Waals surface area (Å²) in [6.45, 7) is 1.73. The van der Waals surface area contributed by atoms with E-state index in [0.29, 0.717) is 16.9 Å². The molecule has 0 spiro atoms. The van der Waals surface area contributed by atoms with Crippen LogP contribution < -0.4 is 4.74 Å². The predicted molar refractivity (Wildman–Crippen MR) is 66.6 cm³/mol. The molecule has 0 bridgehead atoms. The number of carbonyl (C=O) groups is 1. The van der Waals surface area contributed by atoms with Crippen molar-refractivity contribution in [2.24, 2.45) is 0 Å². The third kappa shape index (κ3) is 1.60. The molecule has 96 valence electrons. The lowest BCUT2D eigenvalue weighted by Gasteiger charge is -2.21. The maximum Gasteiger partial charge on any atom is 0.326 e. The summed E-state index contributed by atoms with van der Waals surface area (Å²) in [6, 6.07) is 10.3. The number of phenolic OH excluding ortho intramolecular Hbond substituents is 1. The molecule has 1 unspecified atom stereocenters. The second-order valence-corrected chi connectivity index (χ2v) is 4.70. The van der Waals surface area contributed by atoms with Crippen molar-refractivity contribution >= 4 is 5.97 Å². The van der Waals surface area contributed by atoms with E-state index in [2.05, 4.69) is 0 Å². The number of esters is 1. The molecule has 1 aliphatic heterocycles. The van der Waals surface area contributed by atoms with Crippen LogP contribution in [0.4, 0.5) is 4.39 Å². The summed E-state index contributed by atoms with van der Waals surface area (Å²) in [5.41, 5.74) is 0.349. The second kappa shape index (κ2) is 3.82. The van der Waals surface area contributed by atoms with E-state index in [1.807, 2.05) is 0 Å². The largest absolute Gasteiger partial charge is 0.508 e. The zero-order valence-electron chi connectivity index (χ0n) is 10.2. The van der Waals surface area contributed by atoms with Gasteiger partial charge >= 0.3 is 5.97 Å². The van der Waals surface area contributed by atoms with Crippen molar-refractivity contribution in [1.29, 1.82) is 0 Å². The van der Waals surface area contributed by atoms with Gasteiger partial charge in [0.05, 0.1) is 0 Å². The van der Waals surface area contributed by atoms with E-state index in [0.717, 1.165) is 0 Å². The Labute approximate surface area is 109 Å². The molecule has 19 heavy (non-hydrogen) atoms. The minimum atomic E-state index is -0.975. The molecule has 3 rings (SSSR count). The molecule has 2 aromatic rings. The summed E-state index contributed by atoms with van der Waals surface area (Å²) in [6.07, 6.45) is 0. The maximum atomic E-state index is 13.0. The molecule has 0 aliphatic carbocycles. The first-order chi connectivity index (χ1) is 9.01. The summed E-state index contributed by atoms with van der Waals surface area (Å²) < 4.78 is 18.2. The highest BCUT2D eigenvalue weighted by Gasteiger charge is 2.46. The van der Waals surface area contributed by atoms with Crippen molar-refractivity contribution in [1.82, 2.24) is 0 Å². The van der Waals surface area contributed by atoms with Crippen LogP contribution in [0.25, 0.3) is 0 Å². The van der Waals surface area contributed by atoms with Gasteiger partial charge in [-0.1, -0.05) is 18.2 Å². The molecule has 0 amide bonds. The summed E-state index contributed by atoms with van der Waals surface area (Å²) in [4.78, 5) is 12.2. The van der Waals surface area contributed by atoms with Crippen molar-refractivity contribution in [3.63, 3.8) is 0 Å². The molecule has 0 saturated carbocycles. The molecule has 4 heteroatoms. The number of rotatable bonds is 1. The van der Waals surface area contributed by atoms with E-state index in [1.165, 1.54) is 24.3 Å². The van der Waals surface area contributed by atoms with E-state index in [4.69, 9.17) is 4.74 Å². The van der Waals surface area contributed by atoms with Gasteiger partial charge in [0.1, 0.15) is 22.7 Å². The monoisotopic (exact) mass is 258 g/mol. The van der Waals surface area contributed by atoms with Crippen LogP contribution in [0.3, 0.4) is 0 Å². The minimum absolute atomic E-state index is 0.0370. The second-order valence-electron chi connectivity index (χ2n) is 4.70. The van der Waals surface area contributed by atoms with Crippen molar-refractivity contribution in [3.8, 4) is 11.5 Å². The van der Waals surface area contributed by atoms with Crippen LogP contribution in [0.2, 0.25) is 0 Å². The Bertz CT molecular complexity index is 664. The lowest BCUT2D eigenvalue weighted by atomic mass is 9.77. The van der Waals surface area contributed by atoms with E-state index in [1.54, 1.807) is 25.1 Å². The highest BCUT2D eigenvalue weighted by molar-refractivity contribution is 5.94. The number of benzene rings is 2. The number of fused-ring (bicyclic) bond motifs is 1. The SMILES string of the molecule is CC1(c2ccc(F)cc2)C(=O)Oc2cc(O)ccc21. The average molecular weight is 258 g/mol. The summed E-state index contributed by atoms with van der Waals surface area (Å²) in [5, 5.41) is 9.42. The fourth-order valence-electron chi connectivity index (χ4n) is 2.38. The van der Waals surface area contributed by atoms with Gasteiger partial charge in [-0.05, 0) is 30.7 Å². The zero-order chi connectivity index (χ0) is 13.6. The number of hydrogen-bond donors (Lipinski definition) is 1. The lowest BCUT2D eigenvalue weighted by molar-refractivity contribution is -0.136. The third-order valence-electron chi connectivity index (χ3n) is 3.54. The zero-order valence-corrected chi connectivity index (χ0v) is 10.2. The lowest BCUT2D eigenvalue weighted by Crippen LogP contribution is -2.31. The molecule has 0 fully saturated rings. The first-order valence-corrected chi connectivity index (χ1v) is 5.83. The summed E-state index contributed by atoms with van der Waals surface area (Å²) in [5.74, 6) is -0.406. The number of aromatic hydroxyl groups is 1. The van der Waals surface area contributed by atoms with Gasteiger partial charge < -0.3 is 9.84 Å². The highest BCUT2D eigenvalue weighted by atomic mass is 19.1. The van der Waals surface area contributed by atoms with E-state index < -0.39 is 11.4 Å². The Morgan fingerprint density at radius 2 is 1.84 bits per heavy atom. The summed E-state index contributed by atoms with van der Waals surface area (Å²) in [7, 11) is 0. The maximum absolute atomic E-state index is 13.0. The van der Waals surface area contributed by atoms with Gasteiger partial charge in [-0.3, -0.25) is 4.79 Å². The number of halogens is 1. The van der Waals surface area contributed by atoms with Gasteiger partial charge in [0.25, 0.3) is 0 Å². The quantitative estimate of drug-likeness (QED) is 0.632. The molecule has 0 radical (unpaired) electrons. The Morgan fingerprint density at radius 1 is 1.16 bits per heavy atom. The van der Waals surface area contributed by atoms with Crippen molar-refractivity contribution in [2.75, 3.05) is 0 Å². The molecule has 1 heterocycles. The normalized spacial score (nSPS) is 21.1. The third-order valence-corrected chi connectivity index (χ3v) is 3.54. The van der Waals surface area contributed by atoms with E-state index in [-0.39, 0.29) is 11.6 Å². The van der Waals surface area contributed by atoms with E-state index in [9.17, 15) is 14.3 Å². The molecule has 2 aromatic carbocycles. The minimum Gasteiger partial charge on any atom is -0.508 e. The number of phenols is 1. The molecule has 3 nitrogen and oxygen atoms in total. The van der Waals surface area contributed by atoms with Gasteiger partial charge in [0.15, 0.2) is 0 Å². The molecule has 0 saturated heterocycles. The standard InChI is InChI=1S/C15H11FO3/c1-15(9-2-4-10(16)5-3-9)12-7-6-11(17)8-13(12)19-14(15)18/h2-8,17H,1H3. The molecule has 0 aromatic heterocycles. The van der Waals surface area contributed by atoms with Crippen molar-refractivity contribution in [3.05, 3.63) is 59.4 Å². The molecular weight excluding hydrogens is 247 g/mol.